The monoisotopic (exact) mass is 329 g/mol. The van der Waals surface area contributed by atoms with Crippen LogP contribution in [-0.4, -0.2) is 30.8 Å². The maximum Gasteiger partial charge on any atom is 0.235 e. The van der Waals surface area contributed by atoms with Gasteiger partial charge in [-0.2, -0.15) is 0 Å². The molecule has 0 saturated heterocycles. The Balaban J connectivity index is 1.83. The van der Waals surface area contributed by atoms with E-state index >= 15 is 0 Å². The number of fused-ring (bicyclic) bond motifs is 2. The van der Waals surface area contributed by atoms with Gasteiger partial charge < -0.3 is 9.30 Å². The van der Waals surface area contributed by atoms with Crippen LogP contribution in [-0.2, 0) is 16.6 Å². The number of nitrogens with zero attached hydrogens (tertiary/aromatic N) is 2. The van der Waals surface area contributed by atoms with Crippen LogP contribution in [0.2, 0.25) is 0 Å². The van der Waals surface area contributed by atoms with Gasteiger partial charge in [0.2, 0.25) is 10.0 Å². The van der Waals surface area contributed by atoms with E-state index in [1.165, 1.54) is 0 Å². The number of imidazole rings is 1. The van der Waals surface area contributed by atoms with Gasteiger partial charge in [-0.15, -0.1) is 0 Å². The number of sulfonamides is 1. The maximum absolute atomic E-state index is 11.8. The first-order valence-corrected chi connectivity index (χ1v) is 8.85. The van der Waals surface area contributed by atoms with E-state index in [4.69, 9.17) is 4.74 Å². The molecule has 0 spiro atoms. The largest absolute Gasteiger partial charge is 0.497 e. The van der Waals surface area contributed by atoms with Crippen molar-refractivity contribution in [1.82, 2.24) is 9.55 Å². The van der Waals surface area contributed by atoms with Crippen molar-refractivity contribution in [2.45, 2.75) is 6.54 Å². The molecule has 0 fully saturated rings. The van der Waals surface area contributed by atoms with Crippen LogP contribution in [0, 0.1) is 0 Å². The van der Waals surface area contributed by atoms with Crippen LogP contribution in [0.1, 0.15) is 0 Å². The summed E-state index contributed by atoms with van der Waals surface area (Å²) in [6.45, 7) is 0.419. The number of methoxy groups -OCH3 is 1. The highest BCUT2D eigenvalue weighted by atomic mass is 32.2. The third-order valence-electron chi connectivity index (χ3n) is 4.01. The lowest BCUT2D eigenvalue weighted by Crippen LogP contribution is -2.27. The fourth-order valence-corrected chi connectivity index (χ4v) is 3.83. The van der Waals surface area contributed by atoms with Crippen LogP contribution in [0.3, 0.4) is 0 Å². The zero-order valence-electron chi connectivity index (χ0n) is 12.5. The third kappa shape index (κ3) is 2.43. The normalized spacial score (nSPS) is 15.9. The minimum absolute atomic E-state index is 0.0767. The van der Waals surface area contributed by atoms with Gasteiger partial charge in [0.15, 0.2) is 0 Å². The van der Waals surface area contributed by atoms with Crippen molar-refractivity contribution >= 4 is 26.6 Å². The molecule has 1 aromatic heterocycles. The van der Waals surface area contributed by atoms with Crippen LogP contribution in [0.4, 0.5) is 5.82 Å². The average molecular weight is 329 g/mol. The van der Waals surface area contributed by atoms with Crippen LogP contribution >= 0.6 is 0 Å². The molecule has 7 heteroatoms. The topological polar surface area (TPSA) is 73.2 Å². The van der Waals surface area contributed by atoms with E-state index in [2.05, 4.69) is 9.71 Å². The SMILES string of the molecule is COc1ccc2cc(-c3ncn4c3NS(=O)(=O)CC4)ccc2c1. The molecular formula is C16H15N3O3S. The molecule has 0 aliphatic carbocycles. The molecule has 23 heavy (non-hydrogen) atoms. The quantitative estimate of drug-likeness (QED) is 0.784. The number of benzene rings is 2. The van der Waals surface area contributed by atoms with Crippen molar-refractivity contribution in [1.29, 1.82) is 0 Å². The first kappa shape index (κ1) is 14.1. The van der Waals surface area contributed by atoms with Gasteiger partial charge in [0.1, 0.15) is 17.3 Å². The Labute approximate surface area is 133 Å². The Morgan fingerprint density at radius 3 is 2.78 bits per heavy atom. The lowest BCUT2D eigenvalue weighted by atomic mass is 10.0. The molecule has 1 N–H and O–H groups in total. The number of hydrogen-bond acceptors (Lipinski definition) is 4. The first-order valence-electron chi connectivity index (χ1n) is 7.19. The molecule has 2 heterocycles. The van der Waals surface area contributed by atoms with E-state index in [-0.39, 0.29) is 5.75 Å². The second kappa shape index (κ2) is 4.99. The summed E-state index contributed by atoms with van der Waals surface area (Å²) in [5, 5.41) is 2.10. The highest BCUT2D eigenvalue weighted by molar-refractivity contribution is 7.92. The summed E-state index contributed by atoms with van der Waals surface area (Å²) in [5.74, 6) is 1.41. The van der Waals surface area contributed by atoms with Gasteiger partial charge in [-0.1, -0.05) is 18.2 Å². The molecule has 0 atom stereocenters. The molecule has 6 nitrogen and oxygen atoms in total. The number of rotatable bonds is 2. The van der Waals surface area contributed by atoms with Gasteiger partial charge in [-0.05, 0) is 29.0 Å². The molecule has 0 bridgehead atoms. The van der Waals surface area contributed by atoms with Gasteiger partial charge in [0.05, 0.1) is 19.2 Å². The van der Waals surface area contributed by atoms with Crippen molar-refractivity contribution < 1.29 is 13.2 Å². The molecule has 3 aromatic rings. The highest BCUT2D eigenvalue weighted by Gasteiger charge is 2.24. The Bertz CT molecular complexity index is 1010. The van der Waals surface area contributed by atoms with E-state index in [0.29, 0.717) is 18.1 Å². The molecule has 118 valence electrons. The van der Waals surface area contributed by atoms with Gasteiger partial charge in [-0.3, -0.25) is 4.72 Å². The number of ether oxygens (including phenoxy) is 1. The fourth-order valence-electron chi connectivity index (χ4n) is 2.79. The Kier molecular flexibility index (Phi) is 3.05. The third-order valence-corrected chi connectivity index (χ3v) is 5.24. The average Bonchev–Trinajstić information content (AvgIpc) is 2.95. The van der Waals surface area contributed by atoms with Gasteiger partial charge >= 0.3 is 0 Å². The van der Waals surface area contributed by atoms with Crippen LogP contribution in [0.5, 0.6) is 5.75 Å². The van der Waals surface area contributed by atoms with Gasteiger partial charge in [0.25, 0.3) is 0 Å². The first-order chi connectivity index (χ1) is 11.1. The molecule has 1 aliphatic heterocycles. The summed E-state index contributed by atoms with van der Waals surface area (Å²) in [6.07, 6.45) is 1.67. The minimum Gasteiger partial charge on any atom is -0.497 e. The second-order valence-electron chi connectivity index (χ2n) is 5.48. The molecule has 0 unspecified atom stereocenters. The zero-order valence-corrected chi connectivity index (χ0v) is 13.3. The summed E-state index contributed by atoms with van der Waals surface area (Å²) < 4.78 is 33.3. The van der Waals surface area contributed by atoms with Crippen LogP contribution in [0.15, 0.2) is 42.7 Å². The van der Waals surface area contributed by atoms with E-state index in [1.54, 1.807) is 13.4 Å². The second-order valence-corrected chi connectivity index (χ2v) is 7.33. The number of hydrogen-bond donors (Lipinski definition) is 1. The van der Waals surface area contributed by atoms with Crippen molar-refractivity contribution in [3.05, 3.63) is 42.7 Å². The van der Waals surface area contributed by atoms with Crippen molar-refractivity contribution in [2.24, 2.45) is 0 Å². The molecule has 2 aromatic carbocycles. The maximum atomic E-state index is 11.8. The van der Waals surface area contributed by atoms with Crippen molar-refractivity contribution in [3.63, 3.8) is 0 Å². The summed E-state index contributed by atoms with van der Waals surface area (Å²) in [7, 11) is -1.64. The Morgan fingerprint density at radius 2 is 1.96 bits per heavy atom. The predicted molar refractivity (Wildman–Crippen MR) is 89.1 cm³/mol. The van der Waals surface area contributed by atoms with E-state index < -0.39 is 10.0 Å². The van der Waals surface area contributed by atoms with Gasteiger partial charge in [0, 0.05) is 12.1 Å². The molecule has 4 rings (SSSR count). The zero-order chi connectivity index (χ0) is 16.0. The molecule has 0 radical (unpaired) electrons. The summed E-state index contributed by atoms with van der Waals surface area (Å²) in [6, 6.07) is 11.8. The number of aromatic nitrogens is 2. The lowest BCUT2D eigenvalue weighted by Gasteiger charge is -2.18. The van der Waals surface area contributed by atoms with Crippen molar-refractivity contribution in [3.8, 4) is 17.0 Å². The summed E-state index contributed by atoms with van der Waals surface area (Å²) in [4.78, 5) is 4.39. The summed E-state index contributed by atoms with van der Waals surface area (Å²) >= 11 is 0. The van der Waals surface area contributed by atoms with E-state index in [0.717, 1.165) is 22.1 Å². The van der Waals surface area contributed by atoms with Crippen LogP contribution < -0.4 is 9.46 Å². The van der Waals surface area contributed by atoms with Crippen LogP contribution in [0.25, 0.3) is 22.0 Å². The Hall–Kier alpha value is -2.54. The lowest BCUT2D eigenvalue weighted by molar-refractivity contribution is 0.415. The molecule has 1 aliphatic rings. The molecule has 0 saturated carbocycles. The van der Waals surface area contributed by atoms with E-state index in [9.17, 15) is 8.42 Å². The van der Waals surface area contributed by atoms with Gasteiger partial charge in [-0.25, -0.2) is 13.4 Å². The minimum atomic E-state index is -3.28. The van der Waals surface area contributed by atoms with Crippen molar-refractivity contribution in [2.75, 3.05) is 17.6 Å². The predicted octanol–water partition coefficient (Wildman–Crippen LogP) is 2.47. The Morgan fingerprint density at radius 1 is 1.17 bits per heavy atom. The van der Waals surface area contributed by atoms with E-state index in [1.807, 2.05) is 41.0 Å². The smallest absolute Gasteiger partial charge is 0.235 e. The number of nitrogens with one attached hydrogen (secondary N) is 1. The molecule has 0 amide bonds. The highest BCUT2D eigenvalue weighted by Crippen LogP contribution is 2.32. The fraction of sp³-hybridized carbons (Fsp3) is 0.188. The number of anilines is 1. The number of aryl methyl sites for hydroxylation is 1. The standard InChI is InChI=1S/C16H15N3O3S/c1-22-14-5-4-11-8-13(3-2-12(11)9-14)15-16-18-23(20,21)7-6-19(16)10-17-15/h2-5,8-10,18H,6-7H2,1H3. The molecular weight excluding hydrogens is 314 g/mol. The summed E-state index contributed by atoms with van der Waals surface area (Å²) in [5.41, 5.74) is 1.52.